The molecule has 6 aromatic rings. The van der Waals surface area contributed by atoms with Gasteiger partial charge in [-0.1, -0.05) is 36.4 Å². The van der Waals surface area contributed by atoms with Gasteiger partial charge in [-0.2, -0.15) is 8.75 Å². The Morgan fingerprint density at radius 1 is 0.673 bits per heavy atom. The van der Waals surface area contributed by atoms with Crippen molar-refractivity contribution in [3.8, 4) is 22.6 Å². The van der Waals surface area contributed by atoms with Crippen LogP contribution in [0.1, 0.15) is 17.5 Å². The SMILES string of the molecule is COc1ccc(N(c2ccc(OC)cc2)c2ccc(-c3ccc(/C=C/c4cc[n+](CCC[N+](C)(C)C)cc4)c4nsnc34)cc2)cc1.[Br-].[Br-]. The van der Waals surface area contributed by atoms with Gasteiger partial charge in [0, 0.05) is 40.3 Å². The summed E-state index contributed by atoms with van der Waals surface area (Å²) in [6.07, 6.45) is 9.75. The van der Waals surface area contributed by atoms with Gasteiger partial charge in [-0.15, -0.1) is 0 Å². The van der Waals surface area contributed by atoms with Crippen molar-refractivity contribution in [2.75, 3.05) is 46.8 Å². The van der Waals surface area contributed by atoms with E-state index in [1.807, 2.05) is 24.3 Å². The van der Waals surface area contributed by atoms with Gasteiger partial charge >= 0.3 is 0 Å². The van der Waals surface area contributed by atoms with E-state index in [9.17, 15) is 0 Å². The highest BCUT2D eigenvalue weighted by Gasteiger charge is 2.15. The Kier molecular flexibility index (Phi) is 13.1. The molecular formula is C39H41Br2N5O2S. The van der Waals surface area contributed by atoms with Gasteiger partial charge in [0.1, 0.15) is 22.5 Å². The molecule has 0 spiro atoms. The number of nitrogens with zero attached hydrogens (tertiary/aromatic N) is 5. The Labute approximate surface area is 314 Å². The molecule has 0 fully saturated rings. The molecular weight excluding hydrogens is 762 g/mol. The van der Waals surface area contributed by atoms with Gasteiger partial charge in [-0.05, 0) is 71.8 Å². The van der Waals surface area contributed by atoms with E-state index in [0.717, 1.165) is 85.8 Å². The van der Waals surface area contributed by atoms with E-state index in [0.29, 0.717) is 0 Å². The minimum Gasteiger partial charge on any atom is -1.00 e. The fourth-order valence-corrected chi connectivity index (χ4v) is 6.18. The van der Waals surface area contributed by atoms with E-state index in [2.05, 4.69) is 132 Å². The van der Waals surface area contributed by atoms with Crippen LogP contribution in [0.3, 0.4) is 0 Å². The van der Waals surface area contributed by atoms with E-state index in [1.54, 1.807) is 14.2 Å². The minimum absolute atomic E-state index is 0. The standard InChI is InChI=1S/C39H41N5O2S.2BrH/c1-44(2,3)28-6-25-42-26-23-29(24-27-42)7-8-31-11-22-37(39-38(31)40-47-41-39)30-9-12-32(13-10-30)43(33-14-18-35(45-4)19-15-33)34-16-20-36(46-5)21-17-34;;/h7-24,26-27H,6,25,28H2,1-5H3;2*1H/q+2;;/p-2. The van der Waals surface area contributed by atoms with Crippen LogP contribution in [-0.2, 0) is 6.54 Å². The van der Waals surface area contributed by atoms with Crippen molar-refractivity contribution in [2.45, 2.75) is 13.0 Å². The highest BCUT2D eigenvalue weighted by atomic mass is 79.9. The highest BCUT2D eigenvalue weighted by molar-refractivity contribution is 7.00. The normalized spacial score (nSPS) is 11.2. The molecule has 0 bridgehead atoms. The molecule has 0 aliphatic rings. The van der Waals surface area contributed by atoms with E-state index in [-0.39, 0.29) is 34.0 Å². The number of benzene rings is 4. The molecule has 0 aliphatic carbocycles. The van der Waals surface area contributed by atoms with Crippen LogP contribution in [-0.4, -0.2) is 55.1 Å². The van der Waals surface area contributed by atoms with Crippen LogP contribution < -0.4 is 52.9 Å². The maximum Gasteiger partial charge on any atom is 0.169 e. The molecule has 0 radical (unpaired) electrons. The maximum atomic E-state index is 5.40. The smallest absolute Gasteiger partial charge is 0.169 e. The molecule has 0 aliphatic heterocycles. The summed E-state index contributed by atoms with van der Waals surface area (Å²) in [5, 5.41) is 0. The third-order valence-electron chi connectivity index (χ3n) is 8.16. The lowest BCUT2D eigenvalue weighted by Crippen LogP contribution is -3.00. The summed E-state index contributed by atoms with van der Waals surface area (Å²) < 4.78 is 23.4. The summed E-state index contributed by atoms with van der Waals surface area (Å²) in [6, 6.07) is 33.4. The summed E-state index contributed by atoms with van der Waals surface area (Å²) in [5.74, 6) is 1.63. The average molecular weight is 804 g/mol. The Balaban J connectivity index is 0.00000270. The Morgan fingerprint density at radius 3 is 1.73 bits per heavy atom. The fourth-order valence-electron chi connectivity index (χ4n) is 5.60. The quantitative estimate of drug-likeness (QED) is 0.141. The topological polar surface area (TPSA) is 51.4 Å². The summed E-state index contributed by atoms with van der Waals surface area (Å²) in [7, 11) is 10.1. The van der Waals surface area contributed by atoms with E-state index in [4.69, 9.17) is 13.8 Å². The largest absolute Gasteiger partial charge is 1.00 e. The molecule has 7 nitrogen and oxygen atoms in total. The Morgan fingerprint density at radius 2 is 1.20 bits per heavy atom. The number of pyridine rings is 1. The van der Waals surface area contributed by atoms with Crippen LogP contribution in [0, 0.1) is 0 Å². The predicted octanol–water partition coefficient (Wildman–Crippen LogP) is 2.41. The molecule has 0 N–H and O–H groups in total. The van der Waals surface area contributed by atoms with Crippen LogP contribution >= 0.6 is 11.7 Å². The lowest BCUT2D eigenvalue weighted by Gasteiger charge is -2.26. The second-order valence-corrected chi connectivity index (χ2v) is 13.0. The van der Waals surface area contributed by atoms with Crippen molar-refractivity contribution >= 4 is 52.0 Å². The molecule has 0 saturated carbocycles. The van der Waals surface area contributed by atoms with Crippen molar-refractivity contribution in [3.05, 3.63) is 121 Å². The summed E-state index contributed by atoms with van der Waals surface area (Å²) in [4.78, 5) is 2.22. The number of hydrogen-bond donors (Lipinski definition) is 0. The van der Waals surface area contributed by atoms with E-state index < -0.39 is 0 Å². The zero-order valence-corrected chi connectivity index (χ0v) is 32.4. The van der Waals surface area contributed by atoms with Crippen LogP contribution in [0.15, 0.2) is 109 Å². The second kappa shape index (κ2) is 17.0. The van der Waals surface area contributed by atoms with Crippen LogP contribution in [0.25, 0.3) is 34.3 Å². The zero-order chi connectivity index (χ0) is 32.8. The van der Waals surface area contributed by atoms with Crippen molar-refractivity contribution in [1.29, 1.82) is 0 Å². The van der Waals surface area contributed by atoms with Crippen LogP contribution in [0.5, 0.6) is 11.5 Å². The number of fused-ring (bicyclic) bond motifs is 1. The van der Waals surface area contributed by atoms with Gasteiger partial charge in [0.05, 0.1) is 60.1 Å². The predicted molar refractivity (Wildman–Crippen MR) is 194 cm³/mol. The molecule has 0 saturated heterocycles. The summed E-state index contributed by atoms with van der Waals surface area (Å²) >= 11 is 1.25. The molecule has 0 amide bonds. The zero-order valence-electron chi connectivity index (χ0n) is 28.4. The number of methoxy groups -OCH3 is 2. The van der Waals surface area contributed by atoms with Crippen molar-refractivity contribution < 1.29 is 52.5 Å². The number of ether oxygens (including phenoxy) is 2. The van der Waals surface area contributed by atoms with Gasteiger partial charge in [0.25, 0.3) is 0 Å². The first kappa shape index (κ1) is 37.7. The first-order valence-electron chi connectivity index (χ1n) is 15.7. The molecule has 49 heavy (non-hydrogen) atoms. The number of rotatable bonds is 12. The monoisotopic (exact) mass is 801 g/mol. The number of hydrogen-bond acceptors (Lipinski definition) is 6. The fraction of sp³-hybridized carbons (Fsp3) is 0.205. The third-order valence-corrected chi connectivity index (χ3v) is 8.69. The van der Waals surface area contributed by atoms with Crippen molar-refractivity contribution in [1.82, 2.24) is 8.75 Å². The summed E-state index contributed by atoms with van der Waals surface area (Å²) in [5.41, 5.74) is 9.28. The Bertz CT molecular complexity index is 1910. The number of quaternary nitrogens is 1. The minimum atomic E-state index is 0. The number of aryl methyl sites for hydroxylation is 1. The van der Waals surface area contributed by atoms with Crippen molar-refractivity contribution in [2.24, 2.45) is 0 Å². The second-order valence-electron chi connectivity index (χ2n) is 12.5. The first-order chi connectivity index (χ1) is 22.8. The van der Waals surface area contributed by atoms with Gasteiger partial charge < -0.3 is 52.8 Å². The maximum absolute atomic E-state index is 5.40. The van der Waals surface area contributed by atoms with Gasteiger partial charge in [0.2, 0.25) is 0 Å². The van der Waals surface area contributed by atoms with Gasteiger partial charge in [0.15, 0.2) is 18.9 Å². The average Bonchev–Trinajstić information content (AvgIpc) is 3.59. The number of anilines is 3. The molecule has 254 valence electrons. The molecule has 10 heteroatoms. The Hall–Kier alpha value is -4.09. The van der Waals surface area contributed by atoms with Gasteiger partial charge in [-0.3, -0.25) is 0 Å². The number of aromatic nitrogens is 3. The molecule has 2 aromatic heterocycles. The molecule has 4 aromatic carbocycles. The first-order valence-corrected chi connectivity index (χ1v) is 16.5. The molecule has 0 atom stereocenters. The third kappa shape index (κ3) is 9.33. The van der Waals surface area contributed by atoms with Crippen LogP contribution in [0.2, 0.25) is 0 Å². The van der Waals surface area contributed by atoms with Crippen LogP contribution in [0.4, 0.5) is 17.1 Å². The highest BCUT2D eigenvalue weighted by Crippen LogP contribution is 2.38. The number of halogens is 2. The lowest BCUT2D eigenvalue weighted by molar-refractivity contribution is -0.873. The summed E-state index contributed by atoms with van der Waals surface area (Å²) in [6.45, 7) is 2.17. The van der Waals surface area contributed by atoms with Gasteiger partial charge in [-0.25, -0.2) is 4.57 Å². The van der Waals surface area contributed by atoms with Crippen molar-refractivity contribution in [3.63, 3.8) is 0 Å². The lowest BCUT2D eigenvalue weighted by atomic mass is 10.0. The van der Waals surface area contributed by atoms with E-state index >= 15 is 0 Å². The molecule has 6 rings (SSSR count). The molecule has 0 unspecified atom stereocenters. The molecule has 2 heterocycles. The van der Waals surface area contributed by atoms with E-state index in [1.165, 1.54) is 11.7 Å².